The third kappa shape index (κ3) is 3.09. The second kappa shape index (κ2) is 6.80. The summed E-state index contributed by atoms with van der Waals surface area (Å²) in [6.45, 7) is 5.76. The molecule has 0 aliphatic rings. The maximum Gasteiger partial charge on any atom is 0.275 e. The Labute approximate surface area is 150 Å². The summed E-state index contributed by atoms with van der Waals surface area (Å²) >= 11 is 1.62. The summed E-state index contributed by atoms with van der Waals surface area (Å²) < 4.78 is 1.39. The van der Waals surface area contributed by atoms with E-state index >= 15 is 0 Å². The van der Waals surface area contributed by atoms with E-state index in [-0.39, 0.29) is 23.6 Å². The van der Waals surface area contributed by atoms with Gasteiger partial charge in [-0.1, -0.05) is 24.3 Å². The Balaban J connectivity index is 2.12. The largest absolute Gasteiger partial charge is 0.333 e. The third-order valence-corrected chi connectivity index (χ3v) is 5.42. The lowest BCUT2D eigenvalue weighted by Crippen LogP contribution is -2.34. The molecule has 25 heavy (non-hydrogen) atoms. The van der Waals surface area contributed by atoms with Crippen LogP contribution in [0.3, 0.4) is 0 Å². The van der Waals surface area contributed by atoms with E-state index in [1.54, 1.807) is 41.5 Å². The van der Waals surface area contributed by atoms with Crippen molar-refractivity contribution in [1.82, 2.24) is 14.7 Å². The van der Waals surface area contributed by atoms with Crippen molar-refractivity contribution in [3.63, 3.8) is 0 Å². The van der Waals surface area contributed by atoms with Gasteiger partial charge in [0.1, 0.15) is 0 Å². The van der Waals surface area contributed by atoms with Crippen molar-refractivity contribution in [1.29, 1.82) is 0 Å². The predicted molar refractivity (Wildman–Crippen MR) is 101 cm³/mol. The minimum absolute atomic E-state index is 0.0625. The lowest BCUT2D eigenvalue weighted by molar-refractivity contribution is 0.0738. The second-order valence-electron chi connectivity index (χ2n) is 6.35. The molecule has 3 aromatic rings. The molecule has 0 aliphatic heterocycles. The number of carbonyl (C=O) groups is 1. The summed E-state index contributed by atoms with van der Waals surface area (Å²) in [5.74, 6) is -0.188. The predicted octanol–water partition coefficient (Wildman–Crippen LogP) is 3.87. The number of thiophene rings is 1. The number of nitrogens with zero attached hydrogens (tertiary/aromatic N) is 3. The van der Waals surface area contributed by atoms with Crippen LogP contribution in [-0.4, -0.2) is 27.6 Å². The van der Waals surface area contributed by atoms with E-state index in [9.17, 15) is 9.59 Å². The molecule has 5 nitrogen and oxygen atoms in total. The molecule has 0 bridgehead atoms. The molecule has 1 atom stereocenters. The third-order valence-electron chi connectivity index (χ3n) is 4.38. The van der Waals surface area contributed by atoms with Gasteiger partial charge >= 0.3 is 0 Å². The first kappa shape index (κ1) is 17.4. The van der Waals surface area contributed by atoms with Gasteiger partial charge < -0.3 is 4.90 Å². The van der Waals surface area contributed by atoms with Crippen molar-refractivity contribution in [2.24, 2.45) is 0 Å². The van der Waals surface area contributed by atoms with Gasteiger partial charge in [-0.15, -0.1) is 11.3 Å². The summed E-state index contributed by atoms with van der Waals surface area (Å²) in [7, 11) is 1.77. The van der Waals surface area contributed by atoms with Gasteiger partial charge in [0.2, 0.25) is 0 Å². The molecule has 0 saturated carbocycles. The summed E-state index contributed by atoms with van der Waals surface area (Å²) in [6, 6.07) is 11.0. The quantitative estimate of drug-likeness (QED) is 0.714. The van der Waals surface area contributed by atoms with Crippen molar-refractivity contribution in [2.75, 3.05) is 7.05 Å². The van der Waals surface area contributed by atoms with Gasteiger partial charge in [0.25, 0.3) is 11.5 Å². The molecule has 1 unspecified atom stereocenters. The topological polar surface area (TPSA) is 55.2 Å². The zero-order valence-electron chi connectivity index (χ0n) is 14.8. The average molecular weight is 355 g/mol. The molecule has 6 heteroatoms. The summed E-state index contributed by atoms with van der Waals surface area (Å²) in [6.07, 6.45) is 0. The average Bonchev–Trinajstić information content (AvgIpc) is 3.14. The van der Waals surface area contributed by atoms with Crippen LogP contribution >= 0.6 is 11.3 Å². The molecule has 0 radical (unpaired) electrons. The number of aromatic nitrogens is 2. The van der Waals surface area contributed by atoms with Crippen LogP contribution < -0.4 is 5.56 Å². The standard InChI is InChI=1S/C19H21N3O2S/c1-12(2)22-18(23)15-9-6-5-8-14(15)17(20-22)19(24)21(4)13(3)16-10-7-11-25-16/h5-13H,1-4H3. The summed E-state index contributed by atoms with van der Waals surface area (Å²) in [4.78, 5) is 28.5. The molecule has 0 spiro atoms. The maximum atomic E-state index is 13.1. The highest BCUT2D eigenvalue weighted by atomic mass is 32.1. The van der Waals surface area contributed by atoms with Crippen molar-refractivity contribution in [2.45, 2.75) is 32.9 Å². The molecule has 2 aromatic heterocycles. The summed E-state index contributed by atoms with van der Waals surface area (Å²) in [5.41, 5.74) is 0.144. The van der Waals surface area contributed by atoms with E-state index in [4.69, 9.17) is 0 Å². The molecular weight excluding hydrogens is 334 g/mol. The van der Waals surface area contributed by atoms with Crippen molar-refractivity contribution in [3.8, 4) is 0 Å². The Morgan fingerprint density at radius 2 is 1.80 bits per heavy atom. The SMILES string of the molecule is CC(c1cccs1)N(C)C(=O)c1nn(C(C)C)c(=O)c2ccccc12. The molecule has 1 aromatic carbocycles. The lowest BCUT2D eigenvalue weighted by Gasteiger charge is -2.24. The molecule has 0 N–H and O–H groups in total. The fourth-order valence-corrected chi connectivity index (χ4v) is 3.60. The van der Waals surface area contributed by atoms with Crippen LogP contribution in [0.2, 0.25) is 0 Å². The Bertz CT molecular complexity index is 960. The van der Waals surface area contributed by atoms with E-state index in [0.717, 1.165) is 4.88 Å². The summed E-state index contributed by atoms with van der Waals surface area (Å²) in [5, 5.41) is 7.51. The van der Waals surface area contributed by atoms with E-state index < -0.39 is 0 Å². The van der Waals surface area contributed by atoms with Crippen molar-refractivity contribution in [3.05, 3.63) is 62.7 Å². The lowest BCUT2D eigenvalue weighted by atomic mass is 10.1. The first-order valence-corrected chi connectivity index (χ1v) is 9.12. The van der Waals surface area contributed by atoms with Gasteiger partial charge in [-0.25, -0.2) is 4.68 Å². The Morgan fingerprint density at radius 3 is 2.40 bits per heavy atom. The number of amides is 1. The van der Waals surface area contributed by atoms with Crippen LogP contribution in [0.25, 0.3) is 10.8 Å². The van der Waals surface area contributed by atoms with Crippen LogP contribution in [0.4, 0.5) is 0 Å². The number of fused-ring (bicyclic) bond motifs is 1. The van der Waals surface area contributed by atoms with Gasteiger partial charge in [0, 0.05) is 17.3 Å². The second-order valence-corrected chi connectivity index (χ2v) is 7.32. The number of carbonyl (C=O) groups excluding carboxylic acids is 1. The van der Waals surface area contributed by atoms with Crippen LogP contribution in [0, 0.1) is 0 Å². The Morgan fingerprint density at radius 1 is 1.12 bits per heavy atom. The highest BCUT2D eigenvalue weighted by Crippen LogP contribution is 2.26. The highest BCUT2D eigenvalue weighted by molar-refractivity contribution is 7.10. The maximum absolute atomic E-state index is 13.1. The molecule has 130 valence electrons. The van der Waals surface area contributed by atoms with Crippen molar-refractivity contribution < 1.29 is 4.79 Å². The molecule has 0 fully saturated rings. The van der Waals surface area contributed by atoms with E-state index in [2.05, 4.69) is 5.10 Å². The fraction of sp³-hybridized carbons (Fsp3) is 0.316. The van der Waals surface area contributed by atoms with Crippen molar-refractivity contribution >= 4 is 28.0 Å². The first-order chi connectivity index (χ1) is 11.9. The zero-order valence-corrected chi connectivity index (χ0v) is 15.6. The molecule has 0 aliphatic carbocycles. The van der Waals surface area contributed by atoms with E-state index in [0.29, 0.717) is 16.5 Å². The van der Waals surface area contributed by atoms with Crippen LogP contribution in [-0.2, 0) is 0 Å². The van der Waals surface area contributed by atoms with E-state index in [1.165, 1.54) is 4.68 Å². The smallest absolute Gasteiger partial charge is 0.275 e. The monoisotopic (exact) mass is 355 g/mol. The number of hydrogen-bond acceptors (Lipinski definition) is 4. The number of hydrogen-bond donors (Lipinski definition) is 0. The molecule has 3 rings (SSSR count). The minimum Gasteiger partial charge on any atom is -0.333 e. The van der Waals surface area contributed by atoms with Gasteiger partial charge in [-0.3, -0.25) is 9.59 Å². The van der Waals surface area contributed by atoms with E-state index in [1.807, 2.05) is 44.4 Å². The Kier molecular flexibility index (Phi) is 4.72. The Hall–Kier alpha value is -2.47. The van der Waals surface area contributed by atoms with Gasteiger partial charge in [-0.2, -0.15) is 5.10 Å². The first-order valence-electron chi connectivity index (χ1n) is 8.24. The van der Waals surface area contributed by atoms with Crippen LogP contribution in [0.15, 0.2) is 46.6 Å². The molecule has 2 heterocycles. The molecular formula is C19H21N3O2S. The normalized spacial score (nSPS) is 12.5. The number of rotatable bonds is 4. The van der Waals surface area contributed by atoms with Gasteiger partial charge in [-0.05, 0) is 38.3 Å². The fourth-order valence-electron chi connectivity index (χ4n) is 2.78. The number of benzene rings is 1. The highest BCUT2D eigenvalue weighted by Gasteiger charge is 2.24. The van der Waals surface area contributed by atoms with Gasteiger partial charge in [0.15, 0.2) is 5.69 Å². The van der Waals surface area contributed by atoms with Crippen LogP contribution in [0.1, 0.15) is 48.2 Å². The zero-order chi connectivity index (χ0) is 18.1. The molecule has 0 saturated heterocycles. The molecule has 1 amide bonds. The minimum atomic E-state index is -0.188. The van der Waals surface area contributed by atoms with Crippen LogP contribution in [0.5, 0.6) is 0 Å². The van der Waals surface area contributed by atoms with Gasteiger partial charge in [0.05, 0.1) is 17.5 Å².